The molecule has 7 heteroatoms. The second-order valence-corrected chi connectivity index (χ2v) is 10.7. The van der Waals surface area contributed by atoms with Crippen LogP contribution in [0.2, 0.25) is 0 Å². The first-order chi connectivity index (χ1) is 20.5. The highest BCUT2D eigenvalue weighted by Crippen LogP contribution is 2.18. The zero-order chi connectivity index (χ0) is 30.0. The Hall–Kier alpha value is -3.68. The first-order valence-corrected chi connectivity index (χ1v) is 15.2. The van der Waals surface area contributed by atoms with E-state index < -0.39 is 12.1 Å². The van der Waals surface area contributed by atoms with Gasteiger partial charge in [-0.25, -0.2) is 0 Å². The van der Waals surface area contributed by atoms with Crippen molar-refractivity contribution in [3.05, 3.63) is 102 Å². The van der Waals surface area contributed by atoms with Crippen molar-refractivity contribution in [1.29, 1.82) is 0 Å². The number of aliphatic hydroxyl groups excluding tert-OH is 1. The number of carbonyl (C=O) groups is 2. The van der Waals surface area contributed by atoms with Crippen LogP contribution in [0.3, 0.4) is 0 Å². The second-order valence-electron chi connectivity index (χ2n) is 10.7. The molecule has 0 bridgehead atoms. The van der Waals surface area contributed by atoms with Crippen molar-refractivity contribution in [2.24, 2.45) is 0 Å². The lowest BCUT2D eigenvalue weighted by Crippen LogP contribution is -2.48. The van der Waals surface area contributed by atoms with Crippen molar-refractivity contribution in [3.8, 4) is 5.75 Å². The maximum atomic E-state index is 13.0. The smallest absolute Gasteiger partial charge is 0.222 e. The fraction of sp³-hybridized carbons (Fsp3) is 0.429. The van der Waals surface area contributed by atoms with Gasteiger partial charge in [-0.2, -0.15) is 0 Å². The fourth-order valence-electron chi connectivity index (χ4n) is 4.88. The first-order valence-electron chi connectivity index (χ1n) is 15.2. The molecular formula is C35H47N3O4. The summed E-state index contributed by atoms with van der Waals surface area (Å²) in [5.74, 6) is 0.671. The lowest BCUT2D eigenvalue weighted by atomic mass is 10.00. The van der Waals surface area contributed by atoms with Crippen LogP contribution in [0.1, 0.15) is 62.6 Å². The average molecular weight is 574 g/mol. The summed E-state index contributed by atoms with van der Waals surface area (Å²) in [4.78, 5) is 27.5. The van der Waals surface area contributed by atoms with Gasteiger partial charge < -0.3 is 25.4 Å². The highest BCUT2D eigenvalue weighted by Gasteiger charge is 2.22. The summed E-state index contributed by atoms with van der Waals surface area (Å²) in [7, 11) is 0. The third-order valence-corrected chi connectivity index (χ3v) is 7.07. The standard InChI is InChI=1S/C35H47N3O4/c1-3-21-38(22-4-2)35(41)20-12-19-34(40)37-32(33(39)26-36-25-28-13-7-5-8-14-28)24-30-17-11-18-31(23-30)42-27-29-15-9-6-10-16-29/h5-11,13-18,23,32-33,36,39H,3-4,12,19-22,24-27H2,1-2H3,(H,37,40)/t32-,33+/m0/s1. The molecule has 3 aromatic carbocycles. The van der Waals surface area contributed by atoms with E-state index in [-0.39, 0.29) is 18.2 Å². The van der Waals surface area contributed by atoms with E-state index in [4.69, 9.17) is 4.74 Å². The van der Waals surface area contributed by atoms with Gasteiger partial charge in [0.1, 0.15) is 12.4 Å². The van der Waals surface area contributed by atoms with E-state index in [1.54, 1.807) is 0 Å². The molecule has 7 nitrogen and oxygen atoms in total. The topological polar surface area (TPSA) is 90.9 Å². The highest BCUT2D eigenvalue weighted by atomic mass is 16.5. The van der Waals surface area contributed by atoms with Crippen molar-refractivity contribution < 1.29 is 19.4 Å². The van der Waals surface area contributed by atoms with Gasteiger partial charge in [-0.05, 0) is 54.5 Å². The van der Waals surface area contributed by atoms with Crippen LogP contribution < -0.4 is 15.4 Å². The number of nitrogens with zero attached hydrogens (tertiary/aromatic N) is 1. The van der Waals surface area contributed by atoms with Crippen molar-refractivity contribution in [3.63, 3.8) is 0 Å². The lowest BCUT2D eigenvalue weighted by Gasteiger charge is -2.25. The Morgan fingerprint density at radius 3 is 2.14 bits per heavy atom. The molecule has 226 valence electrons. The van der Waals surface area contributed by atoms with Crippen LogP contribution >= 0.6 is 0 Å². The highest BCUT2D eigenvalue weighted by molar-refractivity contribution is 5.79. The van der Waals surface area contributed by atoms with Gasteiger partial charge in [-0.3, -0.25) is 9.59 Å². The number of hydrogen-bond acceptors (Lipinski definition) is 5. The summed E-state index contributed by atoms with van der Waals surface area (Å²) in [5.41, 5.74) is 3.16. The SMILES string of the molecule is CCCN(CCC)C(=O)CCCC(=O)N[C@@H](Cc1cccc(OCc2ccccc2)c1)[C@H](O)CNCc1ccccc1. The molecule has 0 aromatic heterocycles. The Balaban J connectivity index is 1.59. The molecule has 3 N–H and O–H groups in total. The van der Waals surface area contributed by atoms with Crippen LogP contribution in [-0.4, -0.2) is 53.6 Å². The van der Waals surface area contributed by atoms with Crippen LogP contribution in [0.15, 0.2) is 84.9 Å². The Morgan fingerprint density at radius 2 is 1.48 bits per heavy atom. The molecule has 0 heterocycles. The number of nitrogens with one attached hydrogen (secondary N) is 2. The summed E-state index contributed by atoms with van der Waals surface area (Å²) in [5, 5.41) is 17.5. The van der Waals surface area contributed by atoms with E-state index >= 15 is 0 Å². The fourth-order valence-corrected chi connectivity index (χ4v) is 4.88. The van der Waals surface area contributed by atoms with E-state index in [2.05, 4.69) is 24.5 Å². The van der Waals surface area contributed by atoms with Gasteiger partial charge in [-0.1, -0.05) is 86.6 Å². The van der Waals surface area contributed by atoms with E-state index in [1.807, 2.05) is 89.8 Å². The van der Waals surface area contributed by atoms with Crippen molar-refractivity contribution in [1.82, 2.24) is 15.5 Å². The molecule has 0 aliphatic rings. The monoisotopic (exact) mass is 573 g/mol. The van der Waals surface area contributed by atoms with Gasteiger partial charge in [0.2, 0.25) is 11.8 Å². The van der Waals surface area contributed by atoms with Crippen LogP contribution in [0.4, 0.5) is 0 Å². The molecule has 0 fully saturated rings. The average Bonchev–Trinajstić information content (AvgIpc) is 3.01. The molecule has 0 saturated heterocycles. The maximum Gasteiger partial charge on any atom is 0.222 e. The van der Waals surface area contributed by atoms with Gasteiger partial charge in [-0.15, -0.1) is 0 Å². The summed E-state index contributed by atoms with van der Waals surface area (Å²) in [6, 6.07) is 27.3. The molecule has 0 aliphatic heterocycles. The van der Waals surface area contributed by atoms with Crippen molar-refractivity contribution >= 4 is 11.8 Å². The van der Waals surface area contributed by atoms with Crippen molar-refractivity contribution in [2.45, 2.75) is 77.7 Å². The van der Waals surface area contributed by atoms with Crippen LogP contribution in [0.5, 0.6) is 5.75 Å². The molecule has 0 saturated carbocycles. The van der Waals surface area contributed by atoms with Gasteiger partial charge in [0.05, 0.1) is 12.1 Å². The molecular weight excluding hydrogens is 526 g/mol. The quantitative estimate of drug-likeness (QED) is 0.182. The molecule has 0 unspecified atom stereocenters. The maximum absolute atomic E-state index is 13.0. The van der Waals surface area contributed by atoms with Crippen LogP contribution in [0, 0.1) is 0 Å². The van der Waals surface area contributed by atoms with Crippen LogP contribution in [-0.2, 0) is 29.2 Å². The zero-order valence-corrected chi connectivity index (χ0v) is 25.1. The number of benzene rings is 3. The Bertz CT molecular complexity index is 1180. The minimum absolute atomic E-state index is 0.0977. The largest absolute Gasteiger partial charge is 0.489 e. The number of hydrogen-bond donors (Lipinski definition) is 3. The number of ether oxygens (including phenoxy) is 1. The Kier molecular flexibility index (Phi) is 14.6. The molecule has 2 atom stereocenters. The summed E-state index contributed by atoms with van der Waals surface area (Å²) in [6.07, 6.45) is 2.54. The Labute approximate surface area is 251 Å². The molecule has 0 radical (unpaired) electrons. The lowest BCUT2D eigenvalue weighted by molar-refractivity contribution is -0.131. The van der Waals surface area contributed by atoms with Gasteiger partial charge in [0, 0.05) is 39.0 Å². The summed E-state index contributed by atoms with van der Waals surface area (Å²) in [6.45, 7) is 7.03. The number of rotatable bonds is 19. The van der Waals surface area contributed by atoms with Gasteiger partial charge >= 0.3 is 0 Å². The molecule has 42 heavy (non-hydrogen) atoms. The minimum atomic E-state index is -0.808. The number of amides is 2. The number of carbonyl (C=O) groups excluding carboxylic acids is 2. The molecule has 3 aromatic rings. The molecule has 0 spiro atoms. The molecule has 2 amide bonds. The summed E-state index contributed by atoms with van der Waals surface area (Å²) >= 11 is 0. The summed E-state index contributed by atoms with van der Waals surface area (Å²) < 4.78 is 6.00. The van der Waals surface area contributed by atoms with E-state index in [1.165, 1.54) is 0 Å². The van der Waals surface area contributed by atoms with Gasteiger partial charge in [0.25, 0.3) is 0 Å². The predicted octanol–water partition coefficient (Wildman–Crippen LogP) is 5.26. The Morgan fingerprint density at radius 1 is 0.833 bits per heavy atom. The predicted molar refractivity (Wildman–Crippen MR) is 168 cm³/mol. The second kappa shape index (κ2) is 18.7. The zero-order valence-electron chi connectivity index (χ0n) is 25.1. The minimum Gasteiger partial charge on any atom is -0.489 e. The number of aliphatic hydroxyl groups is 1. The third-order valence-electron chi connectivity index (χ3n) is 7.07. The van der Waals surface area contributed by atoms with Crippen LogP contribution in [0.25, 0.3) is 0 Å². The molecule has 0 aliphatic carbocycles. The third kappa shape index (κ3) is 12.0. The van der Waals surface area contributed by atoms with Crippen molar-refractivity contribution in [2.75, 3.05) is 19.6 Å². The van der Waals surface area contributed by atoms with Gasteiger partial charge in [0.15, 0.2) is 0 Å². The first kappa shape index (κ1) is 32.8. The van der Waals surface area contributed by atoms with E-state index in [0.29, 0.717) is 39.0 Å². The van der Waals surface area contributed by atoms with E-state index in [9.17, 15) is 14.7 Å². The normalized spacial score (nSPS) is 12.4. The van der Waals surface area contributed by atoms with E-state index in [0.717, 1.165) is 48.4 Å². The molecule has 3 rings (SSSR count).